The lowest BCUT2D eigenvalue weighted by Crippen LogP contribution is -1.62. The van der Waals surface area contributed by atoms with E-state index in [-0.39, 0.29) is 0 Å². The van der Waals surface area contributed by atoms with Crippen molar-refractivity contribution in [2.45, 2.75) is 13.8 Å². The minimum absolute atomic E-state index is 1.13. The zero-order valence-corrected chi connectivity index (χ0v) is 5.39. The summed E-state index contributed by atoms with van der Waals surface area (Å²) in [4.78, 5) is 3.59. The topological polar surface area (TPSA) is 12.4 Å². The van der Waals surface area contributed by atoms with E-state index < -0.39 is 0 Å². The van der Waals surface area contributed by atoms with Crippen molar-refractivity contribution in [3.63, 3.8) is 0 Å². The summed E-state index contributed by atoms with van der Waals surface area (Å²) in [6, 6.07) is 0. The van der Waals surface area contributed by atoms with Crippen LogP contribution in [0.25, 0.3) is 0 Å². The maximum Gasteiger partial charge on any atom is 0.0289 e. The first kappa shape index (κ1) is 7.15. The van der Waals surface area contributed by atoms with Gasteiger partial charge < -0.3 is 0 Å². The number of allylic oxidation sites excluding steroid dienone is 3. The Balaban J connectivity index is 3.79. The smallest absolute Gasteiger partial charge is 0.0289 e. The van der Waals surface area contributed by atoms with Crippen LogP contribution in [-0.2, 0) is 0 Å². The molecule has 0 rings (SSSR count). The van der Waals surface area contributed by atoms with E-state index in [1.165, 1.54) is 0 Å². The molecule has 0 saturated carbocycles. The van der Waals surface area contributed by atoms with Crippen LogP contribution in [0.4, 0.5) is 0 Å². The number of hydrogen-bond acceptors (Lipinski definition) is 1. The first-order chi connectivity index (χ1) is 3.81. The van der Waals surface area contributed by atoms with Gasteiger partial charge in [0.15, 0.2) is 0 Å². The van der Waals surface area contributed by atoms with Gasteiger partial charge in [-0.1, -0.05) is 12.2 Å². The summed E-state index contributed by atoms with van der Waals surface area (Å²) in [5.41, 5.74) is 1.13. The van der Waals surface area contributed by atoms with Crippen molar-refractivity contribution < 1.29 is 0 Å². The molecule has 1 nitrogen and oxygen atoms in total. The van der Waals surface area contributed by atoms with Crippen LogP contribution >= 0.6 is 0 Å². The van der Waals surface area contributed by atoms with Gasteiger partial charge in [0.1, 0.15) is 0 Å². The summed E-state index contributed by atoms with van der Waals surface area (Å²) in [5.74, 6) is 0. The Labute approximate surface area is 50.4 Å². The second kappa shape index (κ2) is 4.31. The monoisotopic (exact) mass is 109 g/mol. The maximum atomic E-state index is 3.59. The Morgan fingerprint density at radius 3 is 2.62 bits per heavy atom. The third-order valence-electron chi connectivity index (χ3n) is 0.724. The minimum atomic E-state index is 1.13. The Morgan fingerprint density at radius 1 is 1.62 bits per heavy atom. The lowest BCUT2D eigenvalue weighted by atomic mass is 10.3. The van der Waals surface area contributed by atoms with Gasteiger partial charge >= 0.3 is 0 Å². The van der Waals surface area contributed by atoms with E-state index in [2.05, 4.69) is 11.7 Å². The van der Waals surface area contributed by atoms with E-state index in [4.69, 9.17) is 0 Å². The third-order valence-corrected chi connectivity index (χ3v) is 0.724. The molecule has 0 unspecified atom stereocenters. The Morgan fingerprint density at radius 2 is 2.25 bits per heavy atom. The van der Waals surface area contributed by atoms with Crippen molar-refractivity contribution in [3.8, 4) is 0 Å². The van der Waals surface area contributed by atoms with Gasteiger partial charge in [0.05, 0.1) is 0 Å². The third kappa shape index (κ3) is 3.34. The first-order valence-electron chi connectivity index (χ1n) is 2.56. The highest BCUT2D eigenvalue weighted by Gasteiger charge is 1.72. The summed E-state index contributed by atoms with van der Waals surface area (Å²) < 4.78 is 0. The summed E-state index contributed by atoms with van der Waals surface area (Å²) in [6.07, 6.45) is 5.67. The van der Waals surface area contributed by atoms with E-state index in [1.54, 1.807) is 6.20 Å². The fraction of sp³-hybridized carbons (Fsp3) is 0.286. The van der Waals surface area contributed by atoms with Gasteiger partial charge in [0, 0.05) is 6.20 Å². The molecule has 0 aromatic rings. The van der Waals surface area contributed by atoms with Crippen molar-refractivity contribution in [1.29, 1.82) is 0 Å². The predicted molar refractivity (Wildman–Crippen MR) is 38.1 cm³/mol. The number of aliphatic imine (C=N–C) groups is 1. The Kier molecular flexibility index (Phi) is 3.85. The van der Waals surface area contributed by atoms with E-state index in [9.17, 15) is 0 Å². The molecule has 0 heterocycles. The van der Waals surface area contributed by atoms with Crippen LogP contribution in [0.2, 0.25) is 0 Å². The fourth-order valence-electron chi connectivity index (χ4n) is 0.450. The van der Waals surface area contributed by atoms with Gasteiger partial charge in [-0.05, 0) is 26.1 Å². The van der Waals surface area contributed by atoms with E-state index >= 15 is 0 Å². The number of rotatable bonds is 2. The highest BCUT2D eigenvalue weighted by atomic mass is 14.6. The molecule has 0 fully saturated rings. The Hall–Kier alpha value is -0.850. The zero-order valence-electron chi connectivity index (χ0n) is 5.39. The molecule has 0 aromatic heterocycles. The second-order valence-corrected chi connectivity index (χ2v) is 1.56. The van der Waals surface area contributed by atoms with Crippen molar-refractivity contribution in [2.75, 3.05) is 0 Å². The summed E-state index contributed by atoms with van der Waals surface area (Å²) >= 11 is 0. The highest BCUT2D eigenvalue weighted by molar-refractivity contribution is 5.28. The number of nitrogens with zero attached hydrogens (tertiary/aromatic N) is 1. The SMILES string of the molecule is C=N/C=C(C)/C=C\C. The molecule has 8 heavy (non-hydrogen) atoms. The lowest BCUT2D eigenvalue weighted by molar-refractivity contribution is 1.43. The van der Waals surface area contributed by atoms with Gasteiger partial charge in [-0.3, -0.25) is 4.99 Å². The van der Waals surface area contributed by atoms with Crippen molar-refractivity contribution >= 4 is 6.72 Å². The minimum Gasteiger partial charge on any atom is -0.272 e. The van der Waals surface area contributed by atoms with Crippen LogP contribution in [0.5, 0.6) is 0 Å². The molecule has 0 radical (unpaired) electrons. The van der Waals surface area contributed by atoms with Crippen molar-refractivity contribution in [1.82, 2.24) is 0 Å². The van der Waals surface area contributed by atoms with Crippen LogP contribution in [0, 0.1) is 0 Å². The molecule has 0 atom stereocenters. The van der Waals surface area contributed by atoms with Crippen LogP contribution < -0.4 is 0 Å². The zero-order chi connectivity index (χ0) is 6.41. The number of hydrogen-bond donors (Lipinski definition) is 0. The van der Waals surface area contributed by atoms with Gasteiger partial charge in [0.25, 0.3) is 0 Å². The second-order valence-electron chi connectivity index (χ2n) is 1.56. The normalized spacial score (nSPS) is 12.5. The quantitative estimate of drug-likeness (QED) is 0.380. The molecular formula is C7H11N. The first-order valence-corrected chi connectivity index (χ1v) is 2.56. The molecule has 0 N–H and O–H groups in total. The molecule has 0 amide bonds. The highest BCUT2D eigenvalue weighted by Crippen LogP contribution is 1.92. The predicted octanol–water partition coefficient (Wildman–Crippen LogP) is 2.17. The molecular weight excluding hydrogens is 98.1 g/mol. The molecule has 0 bridgehead atoms. The summed E-state index contributed by atoms with van der Waals surface area (Å²) in [5, 5.41) is 0. The van der Waals surface area contributed by atoms with Crippen molar-refractivity contribution in [3.05, 3.63) is 23.9 Å². The molecule has 0 saturated heterocycles. The molecule has 0 aliphatic carbocycles. The summed E-state index contributed by atoms with van der Waals surface area (Å²) in [6.45, 7) is 7.28. The largest absolute Gasteiger partial charge is 0.272 e. The lowest BCUT2D eigenvalue weighted by Gasteiger charge is -1.82. The van der Waals surface area contributed by atoms with Crippen LogP contribution in [0.1, 0.15) is 13.8 Å². The molecule has 0 aromatic carbocycles. The van der Waals surface area contributed by atoms with Gasteiger partial charge in [-0.2, -0.15) is 0 Å². The average Bonchev–Trinajstić information content (AvgIpc) is 1.68. The van der Waals surface area contributed by atoms with E-state index in [1.807, 2.05) is 26.0 Å². The molecule has 0 aliphatic heterocycles. The molecule has 44 valence electrons. The van der Waals surface area contributed by atoms with Crippen molar-refractivity contribution in [2.24, 2.45) is 4.99 Å². The van der Waals surface area contributed by atoms with Gasteiger partial charge in [-0.15, -0.1) is 0 Å². The molecule has 1 heteroatoms. The maximum absolute atomic E-state index is 3.59. The van der Waals surface area contributed by atoms with E-state index in [0.717, 1.165) is 5.57 Å². The average molecular weight is 109 g/mol. The van der Waals surface area contributed by atoms with Crippen LogP contribution in [0.3, 0.4) is 0 Å². The molecule has 0 aliphatic rings. The van der Waals surface area contributed by atoms with E-state index in [0.29, 0.717) is 0 Å². The van der Waals surface area contributed by atoms with Crippen LogP contribution in [0.15, 0.2) is 28.9 Å². The summed E-state index contributed by atoms with van der Waals surface area (Å²) in [7, 11) is 0. The van der Waals surface area contributed by atoms with Gasteiger partial charge in [0.2, 0.25) is 0 Å². The standard InChI is InChI=1S/C7H11N/c1-4-5-7(2)6-8-3/h4-6H,3H2,1-2H3/b5-4-,7-6+. The fourth-order valence-corrected chi connectivity index (χ4v) is 0.450. The molecule has 0 spiro atoms. The Bertz CT molecular complexity index is 120. The van der Waals surface area contributed by atoms with Crippen LogP contribution in [-0.4, -0.2) is 6.72 Å². The van der Waals surface area contributed by atoms with Gasteiger partial charge in [-0.25, -0.2) is 0 Å².